The molecule has 4 rings (SSSR count). The van der Waals surface area contributed by atoms with Gasteiger partial charge in [0.2, 0.25) is 5.88 Å². The van der Waals surface area contributed by atoms with Crippen LogP contribution in [0.4, 0.5) is 5.69 Å². The first-order valence-corrected chi connectivity index (χ1v) is 9.88. The summed E-state index contributed by atoms with van der Waals surface area (Å²) >= 11 is 0. The van der Waals surface area contributed by atoms with E-state index in [0.717, 1.165) is 24.3 Å². The molecule has 1 aromatic heterocycles. The lowest BCUT2D eigenvalue weighted by Crippen LogP contribution is -2.43. The fourth-order valence-electron chi connectivity index (χ4n) is 3.58. The van der Waals surface area contributed by atoms with Gasteiger partial charge in [-0.15, -0.1) is 0 Å². The molecule has 0 saturated heterocycles. The van der Waals surface area contributed by atoms with Crippen LogP contribution in [0.2, 0.25) is 0 Å². The Balaban J connectivity index is 1.48. The van der Waals surface area contributed by atoms with Gasteiger partial charge in [0.1, 0.15) is 6.10 Å². The van der Waals surface area contributed by atoms with E-state index in [0.29, 0.717) is 18.0 Å². The molecule has 0 amide bonds. The molecule has 2 heterocycles. The molecule has 146 valence electrons. The average molecular weight is 384 g/mol. The summed E-state index contributed by atoms with van der Waals surface area (Å²) in [7, 11) is 0. The Labute approximate surface area is 171 Å². The van der Waals surface area contributed by atoms with E-state index in [4.69, 9.17) is 10.00 Å². The van der Waals surface area contributed by atoms with Crippen molar-refractivity contribution in [1.82, 2.24) is 10.3 Å². The largest absolute Gasteiger partial charge is 0.469 e. The van der Waals surface area contributed by atoms with Crippen molar-refractivity contribution in [2.75, 3.05) is 18.4 Å². The number of hydrogen-bond donors (Lipinski definition) is 2. The normalized spacial score (nSPS) is 16.1. The zero-order valence-corrected chi connectivity index (χ0v) is 16.4. The van der Waals surface area contributed by atoms with Gasteiger partial charge in [0.25, 0.3) is 0 Å². The van der Waals surface area contributed by atoms with Crippen molar-refractivity contribution in [3.8, 4) is 11.9 Å². The van der Waals surface area contributed by atoms with Gasteiger partial charge in [-0.3, -0.25) is 0 Å². The third kappa shape index (κ3) is 4.56. The molecule has 1 aliphatic rings. The van der Waals surface area contributed by atoms with Crippen molar-refractivity contribution in [3.63, 3.8) is 0 Å². The number of anilines is 1. The molecule has 0 spiro atoms. The maximum Gasteiger partial charge on any atom is 0.238 e. The van der Waals surface area contributed by atoms with Gasteiger partial charge in [-0.25, -0.2) is 4.98 Å². The third-order valence-corrected chi connectivity index (χ3v) is 5.15. The average Bonchev–Trinajstić information content (AvgIpc) is 2.77. The van der Waals surface area contributed by atoms with Gasteiger partial charge in [-0.2, -0.15) is 5.26 Å². The van der Waals surface area contributed by atoms with Crippen molar-refractivity contribution < 1.29 is 4.74 Å². The summed E-state index contributed by atoms with van der Waals surface area (Å²) in [4.78, 5) is 4.55. The lowest BCUT2D eigenvalue weighted by atomic mass is 9.99. The monoisotopic (exact) mass is 384 g/mol. The van der Waals surface area contributed by atoms with Crippen LogP contribution >= 0.6 is 0 Å². The Kier molecular flexibility index (Phi) is 5.73. The number of aryl methyl sites for hydroxylation is 1. The Morgan fingerprint density at radius 2 is 1.93 bits per heavy atom. The van der Waals surface area contributed by atoms with E-state index < -0.39 is 0 Å². The molecule has 3 aromatic rings. The van der Waals surface area contributed by atoms with Gasteiger partial charge in [0.15, 0.2) is 0 Å². The summed E-state index contributed by atoms with van der Waals surface area (Å²) in [5, 5.41) is 16.1. The van der Waals surface area contributed by atoms with Crippen LogP contribution in [-0.2, 0) is 6.42 Å². The maximum absolute atomic E-state index is 8.95. The predicted octanol–water partition coefficient (Wildman–Crippen LogP) is 4.01. The van der Waals surface area contributed by atoms with E-state index in [1.165, 1.54) is 11.1 Å². The Hall–Kier alpha value is -3.36. The second kappa shape index (κ2) is 8.76. The summed E-state index contributed by atoms with van der Waals surface area (Å²) in [6.45, 7) is 3.48. The number of ether oxygens (including phenoxy) is 1. The molecule has 1 aliphatic heterocycles. The summed E-state index contributed by atoms with van der Waals surface area (Å²) in [5.74, 6) is 0.663. The van der Waals surface area contributed by atoms with E-state index in [1.807, 2.05) is 49.4 Å². The van der Waals surface area contributed by atoms with Crippen LogP contribution in [0.15, 0.2) is 66.7 Å². The van der Waals surface area contributed by atoms with E-state index >= 15 is 0 Å². The molecule has 0 saturated carbocycles. The first kappa shape index (κ1) is 19.0. The standard InChI is InChI=1S/C24H24N4O/c1-17-7-12-21-24(28-17)29-22(16-27-21)23(20-5-3-2-4-6-20)26-14-13-18-8-10-19(15-25)11-9-18/h2-12,22-23,26-27H,13-14,16H2,1H3/t22-,23-/m1/s1. The van der Waals surface area contributed by atoms with E-state index in [2.05, 4.69) is 46.0 Å². The fourth-order valence-corrected chi connectivity index (χ4v) is 3.58. The van der Waals surface area contributed by atoms with Gasteiger partial charge in [0, 0.05) is 5.69 Å². The van der Waals surface area contributed by atoms with Crippen molar-refractivity contribution in [1.29, 1.82) is 5.26 Å². The van der Waals surface area contributed by atoms with Crippen LogP contribution in [0.5, 0.6) is 5.88 Å². The number of nitrogens with zero attached hydrogens (tertiary/aromatic N) is 2. The number of pyridine rings is 1. The zero-order valence-electron chi connectivity index (χ0n) is 16.4. The minimum Gasteiger partial charge on any atom is -0.469 e. The van der Waals surface area contributed by atoms with Crippen LogP contribution in [0.25, 0.3) is 0 Å². The van der Waals surface area contributed by atoms with Crippen molar-refractivity contribution in [3.05, 3.63) is 89.1 Å². The lowest BCUT2D eigenvalue weighted by Gasteiger charge is -2.33. The number of nitrogens with one attached hydrogen (secondary N) is 2. The number of nitriles is 1. The molecule has 2 N–H and O–H groups in total. The molecule has 0 fully saturated rings. The van der Waals surface area contributed by atoms with Gasteiger partial charge < -0.3 is 15.4 Å². The van der Waals surface area contributed by atoms with Crippen LogP contribution in [0.1, 0.15) is 28.4 Å². The Morgan fingerprint density at radius 3 is 2.69 bits per heavy atom. The quantitative estimate of drug-likeness (QED) is 0.672. The second-order valence-electron chi connectivity index (χ2n) is 7.24. The van der Waals surface area contributed by atoms with Gasteiger partial charge >= 0.3 is 0 Å². The molecule has 5 heteroatoms. The van der Waals surface area contributed by atoms with E-state index in [9.17, 15) is 0 Å². The highest BCUT2D eigenvalue weighted by atomic mass is 16.5. The number of rotatable bonds is 6. The molecule has 2 aromatic carbocycles. The summed E-state index contributed by atoms with van der Waals surface area (Å²) in [6.07, 6.45) is 0.809. The lowest BCUT2D eigenvalue weighted by molar-refractivity contribution is 0.150. The van der Waals surface area contributed by atoms with Crippen LogP contribution in [-0.4, -0.2) is 24.2 Å². The molecular formula is C24H24N4O. The summed E-state index contributed by atoms with van der Waals surface area (Å²) in [5.41, 5.74) is 4.96. The first-order valence-electron chi connectivity index (χ1n) is 9.88. The highest BCUT2D eigenvalue weighted by Crippen LogP contribution is 2.31. The SMILES string of the molecule is Cc1ccc2c(n1)O[C@@H]([C@H](NCCc1ccc(C#N)cc1)c1ccccc1)CN2. The van der Waals surface area contributed by atoms with Crippen molar-refractivity contribution >= 4 is 5.69 Å². The highest BCUT2D eigenvalue weighted by Gasteiger charge is 2.29. The van der Waals surface area contributed by atoms with Crippen molar-refractivity contribution in [2.45, 2.75) is 25.5 Å². The maximum atomic E-state index is 8.95. The third-order valence-electron chi connectivity index (χ3n) is 5.15. The van der Waals surface area contributed by atoms with E-state index in [1.54, 1.807) is 0 Å². The Morgan fingerprint density at radius 1 is 1.14 bits per heavy atom. The van der Waals surface area contributed by atoms with Gasteiger partial charge in [0.05, 0.1) is 29.9 Å². The molecule has 0 radical (unpaired) electrons. The molecule has 2 atom stereocenters. The summed E-state index contributed by atoms with van der Waals surface area (Å²) < 4.78 is 6.29. The zero-order chi connectivity index (χ0) is 20.1. The molecular weight excluding hydrogens is 360 g/mol. The predicted molar refractivity (Wildman–Crippen MR) is 114 cm³/mol. The van der Waals surface area contributed by atoms with Gasteiger partial charge in [-0.1, -0.05) is 42.5 Å². The fraction of sp³-hybridized carbons (Fsp3) is 0.250. The van der Waals surface area contributed by atoms with Gasteiger partial charge in [-0.05, 0) is 55.3 Å². The highest BCUT2D eigenvalue weighted by molar-refractivity contribution is 5.54. The molecule has 0 bridgehead atoms. The van der Waals surface area contributed by atoms with E-state index in [-0.39, 0.29) is 12.1 Å². The second-order valence-corrected chi connectivity index (χ2v) is 7.24. The molecule has 29 heavy (non-hydrogen) atoms. The minimum absolute atomic E-state index is 0.0394. The molecule has 0 unspecified atom stereocenters. The number of aromatic nitrogens is 1. The van der Waals surface area contributed by atoms with Crippen LogP contribution < -0.4 is 15.4 Å². The molecule has 0 aliphatic carbocycles. The summed E-state index contributed by atoms with van der Waals surface area (Å²) in [6, 6.07) is 24.3. The van der Waals surface area contributed by atoms with Crippen LogP contribution in [0.3, 0.4) is 0 Å². The first-order chi connectivity index (χ1) is 14.2. The minimum atomic E-state index is -0.0693. The smallest absolute Gasteiger partial charge is 0.238 e. The topological polar surface area (TPSA) is 70.0 Å². The Bertz CT molecular complexity index is 996. The number of hydrogen-bond acceptors (Lipinski definition) is 5. The number of fused-ring (bicyclic) bond motifs is 1. The molecule has 5 nitrogen and oxygen atoms in total. The van der Waals surface area contributed by atoms with Crippen molar-refractivity contribution in [2.24, 2.45) is 0 Å². The number of benzene rings is 2. The van der Waals surface area contributed by atoms with Crippen LogP contribution in [0, 0.1) is 18.3 Å².